The Balaban J connectivity index is 1.28. The van der Waals surface area contributed by atoms with E-state index < -0.39 is 0 Å². The highest BCUT2D eigenvalue weighted by Gasteiger charge is 2.43. The molecule has 21 heavy (non-hydrogen) atoms. The number of hydrogen-bond acceptors (Lipinski definition) is 5. The third-order valence-corrected chi connectivity index (χ3v) is 5.82. The molecule has 1 aromatic heterocycles. The Labute approximate surface area is 130 Å². The van der Waals surface area contributed by atoms with E-state index in [0.29, 0.717) is 24.7 Å². The van der Waals surface area contributed by atoms with E-state index in [1.807, 2.05) is 11.6 Å². The summed E-state index contributed by atoms with van der Waals surface area (Å²) in [6.45, 7) is 4.80. The number of morpholine rings is 1. The van der Waals surface area contributed by atoms with E-state index in [4.69, 9.17) is 9.47 Å². The molecule has 3 fully saturated rings. The highest BCUT2D eigenvalue weighted by atomic mass is 32.1. The first-order chi connectivity index (χ1) is 10.4. The number of thiazole rings is 1. The maximum atomic E-state index is 6.10. The molecule has 1 saturated heterocycles. The lowest BCUT2D eigenvalue weighted by Gasteiger charge is -2.39. The largest absolute Gasteiger partial charge is 0.375 e. The molecule has 2 saturated carbocycles. The van der Waals surface area contributed by atoms with Gasteiger partial charge in [-0.25, -0.2) is 4.98 Å². The van der Waals surface area contributed by atoms with Gasteiger partial charge in [0.1, 0.15) is 5.01 Å². The zero-order valence-corrected chi connectivity index (χ0v) is 13.3. The van der Waals surface area contributed by atoms with Gasteiger partial charge < -0.3 is 9.47 Å². The fourth-order valence-electron chi connectivity index (χ4n) is 3.80. The van der Waals surface area contributed by atoms with Gasteiger partial charge in [-0.2, -0.15) is 0 Å². The number of ether oxygens (including phenoxy) is 2. The maximum absolute atomic E-state index is 6.10. The van der Waals surface area contributed by atoms with E-state index >= 15 is 0 Å². The van der Waals surface area contributed by atoms with Gasteiger partial charge in [-0.15, -0.1) is 11.3 Å². The lowest BCUT2D eigenvalue weighted by Crippen LogP contribution is -2.51. The van der Waals surface area contributed by atoms with Crippen molar-refractivity contribution >= 4 is 11.3 Å². The summed E-state index contributed by atoms with van der Waals surface area (Å²) in [6, 6.07) is 0.646. The van der Waals surface area contributed by atoms with Crippen molar-refractivity contribution in [2.24, 2.45) is 11.8 Å². The van der Waals surface area contributed by atoms with Crippen molar-refractivity contribution in [2.75, 3.05) is 26.3 Å². The van der Waals surface area contributed by atoms with Crippen LogP contribution in [0.2, 0.25) is 0 Å². The van der Waals surface area contributed by atoms with Crippen LogP contribution in [0.5, 0.6) is 0 Å². The molecule has 0 amide bonds. The Morgan fingerprint density at radius 1 is 1.33 bits per heavy atom. The van der Waals surface area contributed by atoms with Crippen LogP contribution in [0.4, 0.5) is 0 Å². The van der Waals surface area contributed by atoms with Crippen LogP contribution in [0.1, 0.15) is 30.7 Å². The number of aromatic nitrogens is 1. The first-order valence-electron chi connectivity index (χ1n) is 8.22. The fraction of sp³-hybridized carbons (Fsp3) is 0.812. The molecular weight excluding hydrogens is 284 g/mol. The average Bonchev–Trinajstić information content (AvgIpc) is 3.01. The Morgan fingerprint density at radius 2 is 2.29 bits per heavy atom. The molecule has 116 valence electrons. The van der Waals surface area contributed by atoms with E-state index in [1.165, 1.54) is 32.2 Å². The molecule has 0 unspecified atom stereocenters. The minimum atomic E-state index is 0.397. The van der Waals surface area contributed by atoms with E-state index in [1.54, 1.807) is 11.3 Å². The smallest absolute Gasteiger partial charge is 0.118 e. The third-order valence-electron chi connectivity index (χ3n) is 5.07. The lowest BCUT2D eigenvalue weighted by atomic mass is 10.0. The van der Waals surface area contributed by atoms with Gasteiger partial charge in [-0.05, 0) is 31.6 Å². The maximum Gasteiger partial charge on any atom is 0.118 e. The lowest BCUT2D eigenvalue weighted by molar-refractivity contribution is -0.0876. The number of nitrogens with zero attached hydrogens (tertiary/aromatic N) is 2. The van der Waals surface area contributed by atoms with E-state index in [2.05, 4.69) is 9.88 Å². The van der Waals surface area contributed by atoms with Gasteiger partial charge in [0, 0.05) is 36.6 Å². The molecule has 3 aliphatic rings. The standard InChI is InChI=1S/C16H24N2O2S/c1-2-12(1)9-18-6-7-20-16-13(3-4-14(16)18)10-19-11-15-17-5-8-21-15/h5,8,12-14,16H,1-4,6-7,9-11H2/t13-,14-,16-/m0/s1. The Hall–Kier alpha value is -0.490. The molecule has 0 N–H and O–H groups in total. The van der Waals surface area contributed by atoms with Crippen molar-refractivity contribution < 1.29 is 9.47 Å². The predicted octanol–water partition coefficient (Wildman–Crippen LogP) is 2.55. The normalized spacial score (nSPS) is 33.2. The van der Waals surface area contributed by atoms with Gasteiger partial charge >= 0.3 is 0 Å². The van der Waals surface area contributed by atoms with E-state index in [0.717, 1.165) is 30.7 Å². The average molecular weight is 308 g/mol. The molecule has 0 spiro atoms. The van der Waals surface area contributed by atoms with Crippen LogP contribution in [-0.2, 0) is 16.1 Å². The fourth-order valence-corrected chi connectivity index (χ4v) is 4.35. The summed E-state index contributed by atoms with van der Waals surface area (Å²) >= 11 is 1.67. The summed E-state index contributed by atoms with van der Waals surface area (Å²) in [5.74, 6) is 1.54. The Kier molecular flexibility index (Phi) is 4.25. The first kappa shape index (κ1) is 14.1. The van der Waals surface area contributed by atoms with Gasteiger partial charge in [0.2, 0.25) is 0 Å². The van der Waals surface area contributed by atoms with Crippen molar-refractivity contribution in [3.63, 3.8) is 0 Å². The molecule has 1 aromatic rings. The first-order valence-corrected chi connectivity index (χ1v) is 9.10. The molecule has 4 nitrogen and oxygen atoms in total. The van der Waals surface area contributed by atoms with Crippen molar-refractivity contribution in [1.29, 1.82) is 0 Å². The quantitative estimate of drug-likeness (QED) is 0.809. The molecule has 1 aliphatic heterocycles. The van der Waals surface area contributed by atoms with Gasteiger partial charge in [0.25, 0.3) is 0 Å². The molecule has 4 rings (SSSR count). The molecule has 5 heteroatoms. The highest BCUT2D eigenvalue weighted by Crippen LogP contribution is 2.38. The van der Waals surface area contributed by atoms with Crippen LogP contribution >= 0.6 is 11.3 Å². The van der Waals surface area contributed by atoms with E-state index in [-0.39, 0.29) is 0 Å². The monoisotopic (exact) mass is 308 g/mol. The Bertz CT molecular complexity index is 449. The molecule has 2 aliphatic carbocycles. The van der Waals surface area contributed by atoms with Crippen LogP contribution < -0.4 is 0 Å². The summed E-state index contributed by atoms with van der Waals surface area (Å²) in [5.41, 5.74) is 0. The van der Waals surface area contributed by atoms with E-state index in [9.17, 15) is 0 Å². The predicted molar refractivity (Wildman–Crippen MR) is 82.3 cm³/mol. The minimum absolute atomic E-state index is 0.397. The molecule has 3 atom stereocenters. The SMILES string of the molecule is c1csc(COC[C@@H]2CC[C@H]3[C@H]2OCCN3CC2CC2)n1. The summed E-state index contributed by atoms with van der Waals surface area (Å²) in [5, 5.41) is 3.08. The summed E-state index contributed by atoms with van der Waals surface area (Å²) in [6.07, 6.45) is 7.64. The highest BCUT2D eigenvalue weighted by molar-refractivity contribution is 7.09. The zero-order chi connectivity index (χ0) is 14.1. The second-order valence-corrected chi connectivity index (χ2v) is 7.60. The second kappa shape index (κ2) is 6.32. The van der Waals surface area contributed by atoms with Crippen molar-refractivity contribution in [3.05, 3.63) is 16.6 Å². The topological polar surface area (TPSA) is 34.6 Å². The molecular formula is C16H24N2O2S. The van der Waals surface area contributed by atoms with Crippen molar-refractivity contribution in [1.82, 2.24) is 9.88 Å². The van der Waals surface area contributed by atoms with Gasteiger partial charge in [-0.3, -0.25) is 4.90 Å². The minimum Gasteiger partial charge on any atom is -0.375 e. The summed E-state index contributed by atoms with van der Waals surface area (Å²) in [7, 11) is 0. The Morgan fingerprint density at radius 3 is 3.10 bits per heavy atom. The second-order valence-electron chi connectivity index (χ2n) is 6.62. The number of rotatable bonds is 6. The molecule has 0 bridgehead atoms. The van der Waals surface area contributed by atoms with Crippen molar-refractivity contribution in [3.8, 4) is 0 Å². The van der Waals surface area contributed by atoms with Crippen LogP contribution in [0.25, 0.3) is 0 Å². The summed E-state index contributed by atoms with van der Waals surface area (Å²) < 4.78 is 12.0. The third kappa shape index (κ3) is 3.31. The molecule has 0 radical (unpaired) electrons. The van der Waals surface area contributed by atoms with Gasteiger partial charge in [0.15, 0.2) is 0 Å². The van der Waals surface area contributed by atoms with Crippen LogP contribution in [0.3, 0.4) is 0 Å². The van der Waals surface area contributed by atoms with Crippen molar-refractivity contribution in [2.45, 2.75) is 44.4 Å². The molecule has 0 aromatic carbocycles. The summed E-state index contributed by atoms with van der Waals surface area (Å²) in [4.78, 5) is 6.97. The zero-order valence-electron chi connectivity index (χ0n) is 12.4. The van der Waals surface area contributed by atoms with Crippen LogP contribution in [0.15, 0.2) is 11.6 Å². The van der Waals surface area contributed by atoms with Gasteiger partial charge in [0.05, 0.1) is 25.9 Å². The van der Waals surface area contributed by atoms with Crippen LogP contribution in [-0.4, -0.2) is 48.3 Å². The molecule has 2 heterocycles. The van der Waals surface area contributed by atoms with Crippen LogP contribution in [0, 0.1) is 11.8 Å². The number of hydrogen-bond donors (Lipinski definition) is 0. The van der Waals surface area contributed by atoms with Gasteiger partial charge in [-0.1, -0.05) is 0 Å². The number of fused-ring (bicyclic) bond motifs is 1.